The minimum atomic E-state index is -4.79. The van der Waals surface area contributed by atoms with Gasteiger partial charge in [-0.1, -0.05) is 35.9 Å². The molecule has 278 valence electrons. The van der Waals surface area contributed by atoms with Crippen LogP contribution in [-0.4, -0.2) is 41.6 Å². The summed E-state index contributed by atoms with van der Waals surface area (Å²) in [5.41, 5.74) is 7.58. The molecule has 0 amide bonds. The normalized spacial score (nSPS) is 13.3. The van der Waals surface area contributed by atoms with Crippen LogP contribution in [0.15, 0.2) is 90.4 Å². The van der Waals surface area contributed by atoms with Crippen LogP contribution in [0.3, 0.4) is 0 Å². The fourth-order valence-corrected chi connectivity index (χ4v) is 6.77. The van der Waals surface area contributed by atoms with E-state index in [0.717, 1.165) is 17.3 Å². The first-order valence-electron chi connectivity index (χ1n) is 16.7. The number of rotatable bonds is 10. The second-order valence-corrected chi connectivity index (χ2v) is 13.0. The summed E-state index contributed by atoms with van der Waals surface area (Å²) in [4.78, 5) is 16.8. The number of hydrogen-bond acceptors (Lipinski definition) is 10. The van der Waals surface area contributed by atoms with Gasteiger partial charge < -0.3 is 35.1 Å². The molecule has 0 bridgehead atoms. The van der Waals surface area contributed by atoms with Gasteiger partial charge in [0.25, 0.3) is 0 Å². The molecule has 54 heavy (non-hydrogen) atoms. The van der Waals surface area contributed by atoms with Gasteiger partial charge in [0.1, 0.15) is 53.5 Å². The zero-order valence-corrected chi connectivity index (χ0v) is 30.1. The highest BCUT2D eigenvalue weighted by Gasteiger charge is 2.39. The molecule has 0 aliphatic carbocycles. The number of aliphatic imine (C=N–C) groups is 1. The quantitative estimate of drug-likeness (QED) is 0.135. The molecule has 10 nitrogen and oxygen atoms in total. The second-order valence-electron chi connectivity index (χ2n) is 12.6. The summed E-state index contributed by atoms with van der Waals surface area (Å²) in [5.74, 6) is 1.79. The molecule has 15 heteroatoms. The molecule has 2 aliphatic rings. The van der Waals surface area contributed by atoms with Crippen molar-refractivity contribution in [2.75, 3.05) is 36.8 Å². The van der Waals surface area contributed by atoms with Gasteiger partial charge in [0, 0.05) is 30.4 Å². The fraction of sp³-hybridized carbons (Fsp3) is 0.205. The molecule has 7 rings (SSSR count). The number of ether oxygens (including phenoxy) is 3. The zero-order valence-electron chi connectivity index (χ0n) is 29.3. The third-order valence-corrected chi connectivity index (χ3v) is 9.48. The predicted molar refractivity (Wildman–Crippen MR) is 199 cm³/mol. The number of aryl methyl sites for hydroxylation is 1. The molecule has 3 aromatic carbocycles. The predicted octanol–water partition coefficient (Wildman–Crippen LogP) is 8.56. The largest absolute Gasteiger partial charge is 0.497 e. The van der Waals surface area contributed by atoms with Crippen molar-refractivity contribution in [3.05, 3.63) is 130 Å². The van der Waals surface area contributed by atoms with Crippen molar-refractivity contribution in [2.24, 2.45) is 4.99 Å². The van der Waals surface area contributed by atoms with Crippen LogP contribution in [0.5, 0.6) is 17.2 Å². The Morgan fingerprint density at radius 1 is 0.981 bits per heavy atom. The molecular formula is C39H34ClF4N7O3. The summed E-state index contributed by atoms with van der Waals surface area (Å²) in [5, 5.41) is 3.11. The van der Waals surface area contributed by atoms with E-state index in [-0.39, 0.29) is 46.6 Å². The summed E-state index contributed by atoms with van der Waals surface area (Å²) in [6, 6.07) is 19.0. The lowest BCUT2D eigenvalue weighted by Crippen LogP contribution is -2.30. The average molecular weight is 760 g/mol. The van der Waals surface area contributed by atoms with E-state index < -0.39 is 17.6 Å². The van der Waals surface area contributed by atoms with E-state index in [0.29, 0.717) is 53.1 Å². The molecule has 0 unspecified atom stereocenters. The van der Waals surface area contributed by atoms with Gasteiger partial charge in [-0.15, -0.1) is 0 Å². The molecule has 0 fully saturated rings. The van der Waals surface area contributed by atoms with Gasteiger partial charge in [-0.3, -0.25) is 0 Å². The van der Waals surface area contributed by atoms with Gasteiger partial charge in [0.05, 0.1) is 54.5 Å². The van der Waals surface area contributed by atoms with Crippen LogP contribution >= 0.6 is 11.6 Å². The molecule has 0 saturated heterocycles. The molecule has 0 spiro atoms. The number of halogens is 5. The number of aromatic nitrogens is 2. The number of anilines is 3. The number of nitrogens with zero attached hydrogens (tertiary/aromatic N) is 5. The Morgan fingerprint density at radius 2 is 1.63 bits per heavy atom. The Morgan fingerprint density at radius 3 is 2.24 bits per heavy atom. The van der Waals surface area contributed by atoms with E-state index in [2.05, 4.69) is 15.3 Å². The molecular weight excluding hydrogens is 726 g/mol. The summed E-state index contributed by atoms with van der Waals surface area (Å²) in [6.45, 7) is 2.15. The summed E-state index contributed by atoms with van der Waals surface area (Å²) >= 11 is 7.07. The smallest absolute Gasteiger partial charge is 0.418 e. The Hall–Kier alpha value is -6.02. The van der Waals surface area contributed by atoms with E-state index in [1.165, 1.54) is 31.4 Å². The Labute approximate surface area is 313 Å². The lowest BCUT2D eigenvalue weighted by molar-refractivity contribution is -0.137. The maximum atomic E-state index is 15.0. The van der Waals surface area contributed by atoms with Gasteiger partial charge in [-0.25, -0.2) is 19.4 Å². The summed E-state index contributed by atoms with van der Waals surface area (Å²) in [6.07, 6.45) is -0.825. The minimum absolute atomic E-state index is 0.00529. The van der Waals surface area contributed by atoms with Gasteiger partial charge in [-0.2, -0.15) is 13.2 Å². The van der Waals surface area contributed by atoms with Gasteiger partial charge in [-0.05, 0) is 66.1 Å². The van der Waals surface area contributed by atoms with Crippen molar-refractivity contribution in [1.82, 2.24) is 14.9 Å². The van der Waals surface area contributed by atoms with E-state index in [1.54, 1.807) is 25.3 Å². The zero-order chi connectivity index (χ0) is 38.1. The Bertz CT molecular complexity index is 2220. The molecule has 0 atom stereocenters. The third-order valence-electron chi connectivity index (χ3n) is 9.08. The number of alkyl halides is 3. The van der Waals surface area contributed by atoms with Crippen LogP contribution in [-0.2, 0) is 25.8 Å². The SMILES string of the molecule is COc1ccc(CN(Cc2ccc(OC)cc2)c2cc(C)c(C(F)(F)F)c(-c3cc4c5c(c3Cl)NCN=C5N(Cc3cc(F)cnc3N)C=CO4)n2)cc1. The van der Waals surface area contributed by atoms with Crippen molar-refractivity contribution < 1.29 is 31.8 Å². The standard InChI is InChI=1S/C39H34ClF4N7O3/c1-22-14-31(51(18-23-4-8-27(52-2)9-5-23)19-24-6-10-28(53-3)11-7-24)49-35(33(22)39(42,43)44)29-16-30-32-36(34(29)40)47-21-48-38(32)50(12-13-54-30)20-25-15-26(41)17-46-37(25)45/h4-17,47H,18-21H2,1-3H3,(H2,45,46). The lowest BCUT2D eigenvalue weighted by Gasteiger charge is -2.29. The highest BCUT2D eigenvalue weighted by atomic mass is 35.5. The van der Waals surface area contributed by atoms with Crippen molar-refractivity contribution in [3.8, 4) is 28.5 Å². The molecule has 5 aromatic rings. The number of nitrogens with two attached hydrogens (primary N) is 1. The lowest BCUT2D eigenvalue weighted by atomic mass is 9.97. The fourth-order valence-electron chi connectivity index (χ4n) is 6.46. The van der Waals surface area contributed by atoms with Crippen molar-refractivity contribution in [3.63, 3.8) is 0 Å². The molecule has 0 saturated carbocycles. The number of benzene rings is 3. The van der Waals surface area contributed by atoms with Crippen LogP contribution in [0.25, 0.3) is 11.3 Å². The van der Waals surface area contributed by atoms with Crippen LogP contribution in [0.4, 0.5) is 34.9 Å². The first kappa shape index (κ1) is 36.3. The second kappa shape index (κ2) is 14.8. The van der Waals surface area contributed by atoms with Crippen LogP contribution < -0.4 is 30.2 Å². The molecule has 3 N–H and O–H groups in total. The number of nitrogens with one attached hydrogen (secondary N) is 1. The Balaban J connectivity index is 1.35. The number of amidine groups is 1. The van der Waals surface area contributed by atoms with Gasteiger partial charge in [0.15, 0.2) is 0 Å². The molecule has 2 aliphatic heterocycles. The van der Waals surface area contributed by atoms with E-state index in [9.17, 15) is 4.39 Å². The summed E-state index contributed by atoms with van der Waals surface area (Å²) in [7, 11) is 3.15. The molecule has 0 radical (unpaired) electrons. The van der Waals surface area contributed by atoms with Gasteiger partial charge >= 0.3 is 6.18 Å². The van der Waals surface area contributed by atoms with Crippen LogP contribution in [0.2, 0.25) is 5.02 Å². The minimum Gasteiger partial charge on any atom is -0.497 e. The molecule has 2 aromatic heterocycles. The number of nitrogen functional groups attached to an aromatic ring is 1. The summed E-state index contributed by atoms with van der Waals surface area (Å²) < 4.78 is 75.8. The van der Waals surface area contributed by atoms with Crippen LogP contribution in [0.1, 0.15) is 33.4 Å². The Kier molecular flexibility index (Phi) is 9.95. The average Bonchev–Trinajstić information content (AvgIpc) is 3.33. The maximum absolute atomic E-state index is 15.0. The van der Waals surface area contributed by atoms with Crippen molar-refractivity contribution in [2.45, 2.75) is 32.7 Å². The van der Waals surface area contributed by atoms with E-state index in [1.807, 2.05) is 53.4 Å². The maximum Gasteiger partial charge on any atom is 0.418 e. The highest BCUT2D eigenvalue weighted by Crippen LogP contribution is 2.48. The third kappa shape index (κ3) is 7.29. The van der Waals surface area contributed by atoms with Crippen LogP contribution in [0, 0.1) is 12.7 Å². The van der Waals surface area contributed by atoms with Crippen molar-refractivity contribution in [1.29, 1.82) is 0 Å². The number of hydrogen-bond donors (Lipinski definition) is 2. The first-order valence-corrected chi connectivity index (χ1v) is 17.1. The molecule has 4 heterocycles. The highest BCUT2D eigenvalue weighted by molar-refractivity contribution is 6.37. The number of methoxy groups -OCH3 is 2. The number of pyridine rings is 2. The van der Waals surface area contributed by atoms with Crippen molar-refractivity contribution >= 4 is 34.8 Å². The van der Waals surface area contributed by atoms with E-state index in [4.69, 9.17) is 36.5 Å². The van der Waals surface area contributed by atoms with Gasteiger partial charge in [0.2, 0.25) is 0 Å². The van der Waals surface area contributed by atoms with E-state index >= 15 is 13.2 Å². The first-order chi connectivity index (χ1) is 25.9. The topological polar surface area (TPSA) is 110 Å². The monoisotopic (exact) mass is 759 g/mol.